The Bertz CT molecular complexity index is 401. The van der Waals surface area contributed by atoms with E-state index in [2.05, 4.69) is 5.32 Å². The van der Waals surface area contributed by atoms with Crippen LogP contribution in [0.5, 0.6) is 0 Å². The second kappa shape index (κ2) is 2.92. The molecule has 0 spiro atoms. The average molecular weight is 208 g/mol. The quantitative estimate of drug-likeness (QED) is 0.641. The fraction of sp³-hybridized carbons (Fsp3) is 0.300. The summed E-state index contributed by atoms with van der Waals surface area (Å²) in [5.74, 6) is 0. The Kier molecular flexibility index (Phi) is 1.96. The zero-order valence-electron chi connectivity index (χ0n) is 8.13. The second-order valence-corrected chi connectivity index (χ2v) is 4.85. The summed E-state index contributed by atoms with van der Waals surface area (Å²) in [7, 11) is 0. The van der Waals surface area contributed by atoms with E-state index in [0.29, 0.717) is 5.69 Å². The Morgan fingerprint density at radius 2 is 2.14 bits per heavy atom. The van der Waals surface area contributed by atoms with E-state index < -0.39 is 5.54 Å². The number of carbonyl (C=O) groups is 1. The van der Waals surface area contributed by atoms with E-state index in [4.69, 9.17) is 5.73 Å². The number of thioether (sulfide) groups is 1. The molecule has 0 radical (unpaired) electrons. The van der Waals surface area contributed by atoms with Crippen LogP contribution in [-0.4, -0.2) is 10.7 Å². The van der Waals surface area contributed by atoms with Gasteiger partial charge in [-0.25, -0.2) is 0 Å². The molecule has 0 fully saturated rings. The zero-order valence-corrected chi connectivity index (χ0v) is 8.94. The number of rotatable bonds is 0. The highest BCUT2D eigenvalue weighted by Gasteiger charge is 2.34. The summed E-state index contributed by atoms with van der Waals surface area (Å²) in [5, 5.41) is 3.28. The first kappa shape index (κ1) is 9.40. The van der Waals surface area contributed by atoms with E-state index in [1.54, 1.807) is 6.07 Å². The third-order valence-electron chi connectivity index (χ3n) is 2.20. The van der Waals surface area contributed by atoms with Crippen molar-refractivity contribution in [3.8, 4) is 0 Å². The average Bonchev–Trinajstić information content (AvgIpc) is 2.08. The topological polar surface area (TPSA) is 55.1 Å². The van der Waals surface area contributed by atoms with Gasteiger partial charge in [0.1, 0.15) is 5.54 Å². The normalized spacial score (nSPS) is 18.6. The molecule has 0 atom stereocenters. The van der Waals surface area contributed by atoms with E-state index >= 15 is 0 Å². The van der Waals surface area contributed by atoms with Crippen molar-refractivity contribution >= 4 is 28.3 Å². The van der Waals surface area contributed by atoms with Gasteiger partial charge < -0.3 is 11.1 Å². The molecule has 3 nitrogen and oxygen atoms in total. The van der Waals surface area contributed by atoms with Crippen LogP contribution in [0.2, 0.25) is 0 Å². The highest BCUT2D eigenvalue weighted by molar-refractivity contribution is 8.14. The van der Waals surface area contributed by atoms with Crippen molar-refractivity contribution < 1.29 is 4.79 Å². The van der Waals surface area contributed by atoms with Crippen LogP contribution < -0.4 is 11.1 Å². The Hall–Kier alpha value is -1.16. The van der Waals surface area contributed by atoms with E-state index in [0.717, 1.165) is 10.6 Å². The van der Waals surface area contributed by atoms with Crippen molar-refractivity contribution in [2.75, 3.05) is 11.1 Å². The Morgan fingerprint density at radius 3 is 2.86 bits per heavy atom. The second-order valence-electron chi connectivity index (χ2n) is 3.86. The van der Waals surface area contributed by atoms with Crippen LogP contribution in [0, 0.1) is 0 Å². The molecule has 1 aliphatic heterocycles. The lowest BCUT2D eigenvalue weighted by Crippen LogP contribution is -2.41. The number of nitrogens with two attached hydrogens (primary N) is 1. The number of fused-ring (bicyclic) bond motifs is 1. The fourth-order valence-electron chi connectivity index (χ4n) is 1.38. The predicted octanol–water partition coefficient (Wildman–Crippen LogP) is 2.09. The minimum absolute atomic E-state index is 0.0999. The highest BCUT2D eigenvalue weighted by Crippen LogP contribution is 2.41. The van der Waals surface area contributed by atoms with Gasteiger partial charge in [-0.05, 0) is 37.7 Å². The molecule has 1 aliphatic rings. The first-order chi connectivity index (χ1) is 6.50. The molecule has 1 aromatic rings. The predicted molar refractivity (Wildman–Crippen MR) is 59.4 cm³/mol. The van der Waals surface area contributed by atoms with Crippen LogP contribution in [0.15, 0.2) is 23.1 Å². The van der Waals surface area contributed by atoms with Crippen molar-refractivity contribution in [1.82, 2.24) is 0 Å². The summed E-state index contributed by atoms with van der Waals surface area (Å²) >= 11 is 1.22. The Morgan fingerprint density at radius 1 is 1.43 bits per heavy atom. The molecule has 74 valence electrons. The third-order valence-corrected chi connectivity index (χ3v) is 3.55. The number of benzene rings is 1. The molecule has 0 amide bonds. The number of nitrogen functional groups attached to an aromatic ring is 1. The molecule has 0 saturated carbocycles. The molecule has 0 unspecified atom stereocenters. The molecular weight excluding hydrogens is 196 g/mol. The van der Waals surface area contributed by atoms with Gasteiger partial charge in [0.2, 0.25) is 5.12 Å². The van der Waals surface area contributed by atoms with Crippen molar-refractivity contribution in [3.63, 3.8) is 0 Å². The number of nitrogens with one attached hydrogen (secondary N) is 1. The van der Waals surface area contributed by atoms with Gasteiger partial charge in [-0.3, -0.25) is 4.79 Å². The standard InChI is InChI=1S/C10H12N2OS/c1-10(2)9(13)14-8-6(11)4-3-5-7(8)12-10/h3-5,12H,11H2,1-2H3. The molecule has 4 heteroatoms. The van der Waals surface area contributed by atoms with Gasteiger partial charge in [0.15, 0.2) is 0 Å². The van der Waals surface area contributed by atoms with Crippen LogP contribution in [0.1, 0.15) is 13.8 Å². The Balaban J connectivity index is 2.51. The van der Waals surface area contributed by atoms with Gasteiger partial charge in [-0.1, -0.05) is 6.07 Å². The molecule has 0 aliphatic carbocycles. The fourth-order valence-corrected chi connectivity index (χ4v) is 2.28. The summed E-state index contributed by atoms with van der Waals surface area (Å²) in [6.45, 7) is 3.74. The first-order valence-corrected chi connectivity index (χ1v) is 5.21. The largest absolute Gasteiger partial charge is 0.398 e. The number of carbonyl (C=O) groups excluding carboxylic acids is 1. The third kappa shape index (κ3) is 1.35. The van der Waals surface area contributed by atoms with Crippen LogP contribution in [0.3, 0.4) is 0 Å². The van der Waals surface area contributed by atoms with Gasteiger partial charge in [0.25, 0.3) is 0 Å². The minimum atomic E-state index is -0.508. The van der Waals surface area contributed by atoms with Gasteiger partial charge in [-0.15, -0.1) is 0 Å². The van der Waals surface area contributed by atoms with E-state index in [1.165, 1.54) is 11.8 Å². The van der Waals surface area contributed by atoms with Gasteiger partial charge in [0, 0.05) is 5.69 Å². The molecule has 1 aromatic carbocycles. The zero-order chi connectivity index (χ0) is 10.3. The SMILES string of the molecule is CC1(C)Nc2cccc(N)c2SC1=O. The van der Waals surface area contributed by atoms with Crippen LogP contribution in [-0.2, 0) is 4.79 Å². The molecule has 0 saturated heterocycles. The minimum Gasteiger partial charge on any atom is -0.398 e. The summed E-state index contributed by atoms with van der Waals surface area (Å²) in [4.78, 5) is 12.5. The number of hydrogen-bond acceptors (Lipinski definition) is 4. The van der Waals surface area contributed by atoms with Crippen molar-refractivity contribution in [2.24, 2.45) is 0 Å². The summed E-state index contributed by atoms with van der Waals surface area (Å²) < 4.78 is 0. The lowest BCUT2D eigenvalue weighted by molar-refractivity contribution is -0.114. The molecule has 2 rings (SSSR count). The molecule has 3 N–H and O–H groups in total. The maximum atomic E-state index is 11.7. The summed E-state index contributed by atoms with van der Waals surface area (Å²) in [5.41, 5.74) is 6.87. The van der Waals surface area contributed by atoms with E-state index in [1.807, 2.05) is 26.0 Å². The molecule has 0 bridgehead atoms. The maximum Gasteiger partial charge on any atom is 0.218 e. The molecule has 1 heterocycles. The summed E-state index contributed by atoms with van der Waals surface area (Å²) in [6, 6.07) is 5.62. The molecule has 0 aromatic heterocycles. The van der Waals surface area contributed by atoms with Crippen LogP contribution in [0.4, 0.5) is 11.4 Å². The van der Waals surface area contributed by atoms with Gasteiger partial charge in [-0.2, -0.15) is 0 Å². The lowest BCUT2D eigenvalue weighted by atomic mass is 10.1. The van der Waals surface area contributed by atoms with E-state index in [9.17, 15) is 4.79 Å². The van der Waals surface area contributed by atoms with Gasteiger partial charge >= 0.3 is 0 Å². The van der Waals surface area contributed by atoms with Crippen molar-refractivity contribution in [2.45, 2.75) is 24.3 Å². The summed E-state index contributed by atoms with van der Waals surface area (Å²) in [6.07, 6.45) is 0. The number of anilines is 2. The highest BCUT2D eigenvalue weighted by atomic mass is 32.2. The van der Waals surface area contributed by atoms with Crippen LogP contribution >= 0.6 is 11.8 Å². The molecular formula is C10H12N2OS. The van der Waals surface area contributed by atoms with Gasteiger partial charge in [0.05, 0.1) is 10.6 Å². The Labute approximate surface area is 87.1 Å². The van der Waals surface area contributed by atoms with Crippen molar-refractivity contribution in [1.29, 1.82) is 0 Å². The van der Waals surface area contributed by atoms with Crippen LogP contribution in [0.25, 0.3) is 0 Å². The maximum absolute atomic E-state index is 11.7. The smallest absolute Gasteiger partial charge is 0.218 e. The van der Waals surface area contributed by atoms with Crippen molar-refractivity contribution in [3.05, 3.63) is 18.2 Å². The number of hydrogen-bond donors (Lipinski definition) is 2. The monoisotopic (exact) mass is 208 g/mol. The first-order valence-electron chi connectivity index (χ1n) is 4.40. The molecule has 14 heavy (non-hydrogen) atoms. The lowest BCUT2D eigenvalue weighted by Gasteiger charge is -2.31. The van der Waals surface area contributed by atoms with E-state index in [-0.39, 0.29) is 5.12 Å².